The zero-order chi connectivity index (χ0) is 14.8. The molecule has 0 bridgehead atoms. The zero-order valence-corrected chi connectivity index (χ0v) is 12.1. The van der Waals surface area contributed by atoms with Gasteiger partial charge in [0, 0.05) is 18.7 Å². The molecule has 6 nitrogen and oxygen atoms in total. The van der Waals surface area contributed by atoms with Gasteiger partial charge >= 0.3 is 0 Å². The van der Waals surface area contributed by atoms with Crippen molar-refractivity contribution < 1.29 is 9.53 Å². The van der Waals surface area contributed by atoms with E-state index in [1.807, 2.05) is 0 Å². The van der Waals surface area contributed by atoms with Crippen LogP contribution in [0.3, 0.4) is 0 Å². The predicted molar refractivity (Wildman–Crippen MR) is 80.0 cm³/mol. The van der Waals surface area contributed by atoms with E-state index >= 15 is 0 Å². The molecule has 21 heavy (non-hydrogen) atoms. The summed E-state index contributed by atoms with van der Waals surface area (Å²) in [6, 6.07) is 5.48. The van der Waals surface area contributed by atoms with Crippen LogP contribution in [0, 0.1) is 4.91 Å². The van der Waals surface area contributed by atoms with Gasteiger partial charge in [0.05, 0.1) is 5.69 Å². The summed E-state index contributed by atoms with van der Waals surface area (Å²) in [7, 11) is 2.13. The summed E-state index contributed by atoms with van der Waals surface area (Å²) in [6.07, 6.45) is 3.37. The SMILES string of the molecule is CN1CCCC1CCN1C(=O)COc2cc(N=O)ccc21. The topological polar surface area (TPSA) is 62.2 Å². The van der Waals surface area contributed by atoms with E-state index in [0.717, 1.165) is 18.7 Å². The Morgan fingerprint density at radius 1 is 1.43 bits per heavy atom. The Kier molecular flexibility index (Phi) is 3.88. The van der Waals surface area contributed by atoms with Gasteiger partial charge in [-0.25, -0.2) is 0 Å². The third-order valence-corrected chi connectivity index (χ3v) is 4.35. The molecule has 0 saturated carbocycles. The van der Waals surface area contributed by atoms with Crippen molar-refractivity contribution in [2.45, 2.75) is 25.3 Å². The molecule has 0 spiro atoms. The summed E-state index contributed by atoms with van der Waals surface area (Å²) in [5.41, 5.74) is 1.05. The number of rotatable bonds is 4. The van der Waals surface area contributed by atoms with Crippen LogP contribution in [0.1, 0.15) is 19.3 Å². The molecule has 0 aliphatic carbocycles. The van der Waals surface area contributed by atoms with Gasteiger partial charge in [0.15, 0.2) is 6.61 Å². The molecule has 0 radical (unpaired) electrons. The second kappa shape index (κ2) is 5.81. The van der Waals surface area contributed by atoms with E-state index in [1.165, 1.54) is 12.8 Å². The number of anilines is 1. The molecular weight excluding hydrogens is 270 g/mol. The van der Waals surface area contributed by atoms with Gasteiger partial charge in [-0.1, -0.05) is 0 Å². The number of likely N-dealkylation sites (tertiary alicyclic amines) is 1. The Morgan fingerprint density at radius 2 is 2.29 bits per heavy atom. The van der Waals surface area contributed by atoms with Crippen LogP contribution in [0.2, 0.25) is 0 Å². The third kappa shape index (κ3) is 2.76. The summed E-state index contributed by atoms with van der Waals surface area (Å²) >= 11 is 0. The van der Waals surface area contributed by atoms with Crippen LogP contribution < -0.4 is 9.64 Å². The third-order valence-electron chi connectivity index (χ3n) is 4.35. The number of carbonyl (C=O) groups is 1. The molecule has 112 valence electrons. The highest BCUT2D eigenvalue weighted by Crippen LogP contribution is 2.35. The molecule has 1 aromatic carbocycles. The van der Waals surface area contributed by atoms with Crippen molar-refractivity contribution in [3.63, 3.8) is 0 Å². The van der Waals surface area contributed by atoms with E-state index in [0.29, 0.717) is 24.0 Å². The molecule has 6 heteroatoms. The molecule has 2 aliphatic rings. The van der Waals surface area contributed by atoms with Gasteiger partial charge in [-0.05, 0) is 50.2 Å². The number of carbonyl (C=O) groups excluding carboxylic acids is 1. The normalized spacial score (nSPS) is 22.0. The van der Waals surface area contributed by atoms with Crippen molar-refractivity contribution in [2.75, 3.05) is 31.6 Å². The van der Waals surface area contributed by atoms with Gasteiger partial charge in [0.25, 0.3) is 5.91 Å². The van der Waals surface area contributed by atoms with Crippen molar-refractivity contribution in [1.82, 2.24) is 4.90 Å². The molecule has 0 aromatic heterocycles. The van der Waals surface area contributed by atoms with Crippen LogP contribution in [-0.4, -0.2) is 43.6 Å². The number of nitroso groups, excluding NO2 is 1. The minimum Gasteiger partial charge on any atom is -0.481 e. The first-order valence-corrected chi connectivity index (χ1v) is 7.30. The van der Waals surface area contributed by atoms with Gasteiger partial charge in [-0.15, -0.1) is 4.91 Å². The Balaban J connectivity index is 1.75. The summed E-state index contributed by atoms with van der Waals surface area (Å²) in [4.78, 5) is 26.8. The first kappa shape index (κ1) is 14.0. The molecule has 1 saturated heterocycles. The van der Waals surface area contributed by atoms with E-state index in [4.69, 9.17) is 4.74 Å². The highest BCUT2D eigenvalue weighted by molar-refractivity contribution is 5.98. The smallest absolute Gasteiger partial charge is 0.265 e. The number of nitrogens with zero attached hydrogens (tertiary/aromatic N) is 3. The van der Waals surface area contributed by atoms with Crippen molar-refractivity contribution in [1.29, 1.82) is 0 Å². The highest BCUT2D eigenvalue weighted by atomic mass is 16.5. The summed E-state index contributed by atoms with van der Waals surface area (Å²) in [6.45, 7) is 1.83. The van der Waals surface area contributed by atoms with Crippen molar-refractivity contribution in [3.05, 3.63) is 23.1 Å². The minimum absolute atomic E-state index is 0.0236. The van der Waals surface area contributed by atoms with E-state index in [9.17, 15) is 9.70 Å². The van der Waals surface area contributed by atoms with Gasteiger partial charge in [0.2, 0.25) is 0 Å². The minimum atomic E-state index is -0.0324. The van der Waals surface area contributed by atoms with Gasteiger partial charge in [-0.3, -0.25) is 4.79 Å². The largest absolute Gasteiger partial charge is 0.481 e. The van der Waals surface area contributed by atoms with Gasteiger partial charge in [-0.2, -0.15) is 0 Å². The second-order valence-corrected chi connectivity index (χ2v) is 5.64. The van der Waals surface area contributed by atoms with Crippen molar-refractivity contribution in [3.8, 4) is 5.75 Å². The fourth-order valence-electron chi connectivity index (χ4n) is 3.12. The molecule has 2 heterocycles. The maximum atomic E-state index is 12.1. The molecule has 1 atom stereocenters. The second-order valence-electron chi connectivity index (χ2n) is 5.64. The lowest BCUT2D eigenvalue weighted by Crippen LogP contribution is -2.41. The van der Waals surface area contributed by atoms with Gasteiger partial charge in [0.1, 0.15) is 11.4 Å². The van der Waals surface area contributed by atoms with Crippen LogP contribution in [0.4, 0.5) is 11.4 Å². The Hall–Kier alpha value is -1.95. The molecule has 3 rings (SSSR count). The van der Waals surface area contributed by atoms with E-state index in [2.05, 4.69) is 17.1 Å². The summed E-state index contributed by atoms with van der Waals surface area (Å²) in [5.74, 6) is 0.529. The fraction of sp³-hybridized carbons (Fsp3) is 0.533. The van der Waals surface area contributed by atoms with E-state index < -0.39 is 0 Å². The molecule has 1 unspecified atom stereocenters. The number of benzene rings is 1. The molecule has 2 aliphatic heterocycles. The van der Waals surface area contributed by atoms with Crippen LogP contribution in [0.15, 0.2) is 23.4 Å². The standard InChI is InChI=1S/C15H19N3O3/c1-17-7-2-3-12(17)6-8-18-13-5-4-11(16-20)9-14(13)21-10-15(18)19/h4-5,9,12H,2-3,6-8,10H2,1H3. The van der Waals surface area contributed by atoms with Gasteiger partial charge < -0.3 is 14.5 Å². The molecular formula is C15H19N3O3. The fourth-order valence-corrected chi connectivity index (χ4v) is 3.12. The number of hydrogen-bond acceptors (Lipinski definition) is 5. The van der Waals surface area contributed by atoms with Crippen LogP contribution >= 0.6 is 0 Å². The number of hydrogen-bond donors (Lipinski definition) is 0. The number of fused-ring (bicyclic) bond motifs is 1. The first-order chi connectivity index (χ1) is 10.2. The lowest BCUT2D eigenvalue weighted by atomic mass is 10.1. The average Bonchev–Trinajstić information content (AvgIpc) is 2.91. The monoisotopic (exact) mass is 289 g/mol. The first-order valence-electron chi connectivity index (χ1n) is 7.30. The lowest BCUT2D eigenvalue weighted by molar-refractivity contribution is -0.121. The quantitative estimate of drug-likeness (QED) is 0.798. The maximum Gasteiger partial charge on any atom is 0.265 e. The van der Waals surface area contributed by atoms with Crippen LogP contribution in [0.25, 0.3) is 0 Å². The summed E-state index contributed by atoms with van der Waals surface area (Å²) < 4.78 is 5.40. The van der Waals surface area contributed by atoms with Crippen molar-refractivity contribution >= 4 is 17.3 Å². The van der Waals surface area contributed by atoms with Crippen molar-refractivity contribution in [2.24, 2.45) is 5.18 Å². The maximum absolute atomic E-state index is 12.1. The van der Waals surface area contributed by atoms with Crippen LogP contribution in [-0.2, 0) is 4.79 Å². The summed E-state index contributed by atoms with van der Waals surface area (Å²) in [5, 5.41) is 2.90. The predicted octanol–water partition coefficient (Wildman–Crippen LogP) is 2.29. The molecule has 1 amide bonds. The number of ether oxygens (including phenoxy) is 1. The van der Waals surface area contributed by atoms with Crippen LogP contribution in [0.5, 0.6) is 5.75 Å². The Labute approximate surface area is 123 Å². The molecule has 1 aromatic rings. The van der Waals surface area contributed by atoms with E-state index in [-0.39, 0.29) is 12.5 Å². The van der Waals surface area contributed by atoms with E-state index in [1.54, 1.807) is 23.1 Å². The molecule has 0 N–H and O–H groups in total. The zero-order valence-electron chi connectivity index (χ0n) is 12.1. The number of amides is 1. The Morgan fingerprint density at radius 3 is 3.00 bits per heavy atom. The lowest BCUT2D eigenvalue weighted by Gasteiger charge is -2.31. The molecule has 1 fully saturated rings. The Bertz CT molecular complexity index is 561. The average molecular weight is 289 g/mol. The highest BCUT2D eigenvalue weighted by Gasteiger charge is 2.28.